The number of pyridine rings is 1. The van der Waals surface area contributed by atoms with Crippen LogP contribution < -0.4 is 20.7 Å². The van der Waals surface area contributed by atoms with Gasteiger partial charge in [-0.25, -0.2) is 4.39 Å². The lowest BCUT2D eigenvalue weighted by Gasteiger charge is -2.32. The van der Waals surface area contributed by atoms with E-state index in [1.807, 2.05) is 0 Å². The van der Waals surface area contributed by atoms with Gasteiger partial charge < -0.3 is 25.6 Å². The fourth-order valence-corrected chi connectivity index (χ4v) is 6.27. The standard InChI is InChI=1S/C26H26FN7O2/c1-29-20-5-13(27)4-17-16(20)8-21-23(17)24(34-10-12-3-14(34)6-19(12)28)32-26(31-21)36-15-7-18-22(30-9-15)11-33(2)25(18)35/h4-5,7,9,12,14,19,29H,3,6,8,10-11,28H2,1-2H3/t12?,14?,19-/m0/s1. The van der Waals surface area contributed by atoms with Crippen molar-refractivity contribution >= 4 is 17.4 Å². The number of anilines is 2. The van der Waals surface area contributed by atoms with Crippen LogP contribution >= 0.6 is 0 Å². The first kappa shape index (κ1) is 21.5. The third-order valence-electron chi connectivity index (χ3n) is 8.03. The second-order valence-electron chi connectivity index (χ2n) is 10.2. The normalized spacial score (nSPS) is 23.2. The van der Waals surface area contributed by atoms with Crippen LogP contribution in [-0.2, 0) is 13.0 Å². The number of ether oxygens (including phenoxy) is 1. The van der Waals surface area contributed by atoms with Gasteiger partial charge in [-0.2, -0.15) is 9.97 Å². The van der Waals surface area contributed by atoms with Gasteiger partial charge in [0, 0.05) is 50.4 Å². The molecule has 0 radical (unpaired) electrons. The van der Waals surface area contributed by atoms with Crippen molar-refractivity contribution in [2.24, 2.45) is 11.7 Å². The van der Waals surface area contributed by atoms with Crippen molar-refractivity contribution in [2.75, 3.05) is 30.9 Å². The third-order valence-corrected chi connectivity index (χ3v) is 8.03. The van der Waals surface area contributed by atoms with Gasteiger partial charge >= 0.3 is 6.01 Å². The lowest BCUT2D eigenvalue weighted by Crippen LogP contribution is -2.41. The molecule has 2 fully saturated rings. The Hall–Kier alpha value is -3.79. The van der Waals surface area contributed by atoms with E-state index in [-0.39, 0.29) is 29.8 Å². The number of carbonyl (C=O) groups is 1. The maximum Gasteiger partial charge on any atom is 0.324 e. The monoisotopic (exact) mass is 487 g/mol. The van der Waals surface area contributed by atoms with Gasteiger partial charge in [-0.05, 0) is 48.1 Å². The molecule has 184 valence electrons. The average Bonchev–Trinajstić information content (AvgIpc) is 3.60. The molecule has 0 spiro atoms. The van der Waals surface area contributed by atoms with Gasteiger partial charge in [-0.1, -0.05) is 0 Å². The van der Waals surface area contributed by atoms with E-state index in [0.717, 1.165) is 59.0 Å². The van der Waals surface area contributed by atoms with E-state index in [1.54, 1.807) is 37.3 Å². The van der Waals surface area contributed by atoms with Gasteiger partial charge in [-0.15, -0.1) is 0 Å². The zero-order chi connectivity index (χ0) is 24.7. The minimum atomic E-state index is -0.305. The summed E-state index contributed by atoms with van der Waals surface area (Å²) in [6.07, 6.45) is 4.07. The van der Waals surface area contributed by atoms with Crippen LogP contribution in [0.2, 0.25) is 0 Å². The molecular weight excluding hydrogens is 461 g/mol. The third kappa shape index (κ3) is 3.10. The summed E-state index contributed by atoms with van der Waals surface area (Å²) >= 11 is 0. The first-order valence-electron chi connectivity index (χ1n) is 12.3. The molecule has 1 saturated carbocycles. The largest absolute Gasteiger partial charge is 0.423 e. The molecule has 2 unspecified atom stereocenters. The van der Waals surface area contributed by atoms with Crippen LogP contribution in [0.3, 0.4) is 0 Å². The van der Waals surface area contributed by atoms with Crippen LogP contribution in [0.25, 0.3) is 11.1 Å². The highest BCUT2D eigenvalue weighted by molar-refractivity contribution is 5.98. The molecule has 3 atom stereocenters. The van der Waals surface area contributed by atoms with Crippen molar-refractivity contribution in [2.45, 2.75) is 37.9 Å². The number of rotatable bonds is 4. The van der Waals surface area contributed by atoms with Crippen LogP contribution in [0.1, 0.15) is 40.2 Å². The molecule has 1 saturated heterocycles. The number of halogens is 1. The van der Waals surface area contributed by atoms with Crippen molar-refractivity contribution in [3.63, 3.8) is 0 Å². The lowest BCUT2D eigenvalue weighted by atomic mass is 10.0. The number of piperidine rings is 1. The Morgan fingerprint density at radius 1 is 1.17 bits per heavy atom. The summed E-state index contributed by atoms with van der Waals surface area (Å²) < 4.78 is 20.7. The van der Waals surface area contributed by atoms with Gasteiger partial charge in [0.1, 0.15) is 17.4 Å². The molecule has 10 heteroatoms. The quantitative estimate of drug-likeness (QED) is 0.452. The zero-order valence-corrected chi connectivity index (χ0v) is 20.1. The van der Waals surface area contributed by atoms with Gasteiger partial charge in [0.15, 0.2) is 0 Å². The molecule has 2 aliphatic carbocycles. The van der Waals surface area contributed by atoms with E-state index < -0.39 is 0 Å². The summed E-state index contributed by atoms with van der Waals surface area (Å²) in [5, 5.41) is 3.12. The molecule has 36 heavy (non-hydrogen) atoms. The Morgan fingerprint density at radius 2 is 2.03 bits per heavy atom. The first-order valence-corrected chi connectivity index (χ1v) is 12.3. The van der Waals surface area contributed by atoms with Crippen molar-refractivity contribution in [3.8, 4) is 22.9 Å². The van der Waals surface area contributed by atoms with Crippen molar-refractivity contribution in [1.82, 2.24) is 19.9 Å². The molecule has 9 nitrogen and oxygen atoms in total. The van der Waals surface area contributed by atoms with E-state index in [9.17, 15) is 9.18 Å². The summed E-state index contributed by atoms with van der Waals surface area (Å²) in [4.78, 5) is 30.4. The average molecular weight is 488 g/mol. The minimum absolute atomic E-state index is 0.0833. The summed E-state index contributed by atoms with van der Waals surface area (Å²) in [6, 6.07) is 5.46. The highest BCUT2D eigenvalue weighted by Gasteiger charge is 2.45. The van der Waals surface area contributed by atoms with Gasteiger partial charge in [0.05, 0.1) is 29.7 Å². The van der Waals surface area contributed by atoms with Crippen LogP contribution in [-0.4, -0.2) is 58.5 Å². The number of nitrogens with zero attached hydrogens (tertiary/aromatic N) is 5. The number of hydrogen-bond acceptors (Lipinski definition) is 8. The number of nitrogens with two attached hydrogens (primary N) is 1. The Morgan fingerprint density at radius 3 is 2.78 bits per heavy atom. The van der Waals surface area contributed by atoms with Crippen LogP contribution in [0.4, 0.5) is 15.9 Å². The number of aromatic nitrogens is 3. The van der Waals surface area contributed by atoms with Crippen LogP contribution in [0, 0.1) is 11.7 Å². The predicted octanol–water partition coefficient (Wildman–Crippen LogP) is 2.93. The first-order chi connectivity index (χ1) is 17.4. The minimum Gasteiger partial charge on any atom is -0.423 e. The molecule has 3 aromatic rings. The fraction of sp³-hybridized carbons (Fsp3) is 0.385. The van der Waals surface area contributed by atoms with E-state index in [4.69, 9.17) is 20.4 Å². The summed E-state index contributed by atoms with van der Waals surface area (Å²) in [6.45, 7) is 1.29. The number of nitrogens with one attached hydrogen (secondary N) is 1. The molecule has 3 N–H and O–H groups in total. The van der Waals surface area contributed by atoms with Crippen molar-refractivity contribution in [3.05, 3.63) is 52.7 Å². The van der Waals surface area contributed by atoms with Crippen molar-refractivity contribution < 1.29 is 13.9 Å². The predicted molar refractivity (Wildman–Crippen MR) is 132 cm³/mol. The maximum absolute atomic E-state index is 14.6. The van der Waals surface area contributed by atoms with Crippen LogP contribution in [0.15, 0.2) is 24.4 Å². The second kappa shape index (κ2) is 7.60. The SMILES string of the molecule is CNc1cc(F)cc2c1Cc1nc(Oc3cnc4c(c3)C(=O)N(C)C4)nc(N3CC4CC3C[C@@H]4N)c1-2. The Balaban J connectivity index is 1.32. The summed E-state index contributed by atoms with van der Waals surface area (Å²) in [7, 11) is 3.54. The molecule has 1 amide bonds. The Kier molecular flexibility index (Phi) is 4.54. The lowest BCUT2D eigenvalue weighted by molar-refractivity contribution is 0.0816. The summed E-state index contributed by atoms with van der Waals surface area (Å²) in [5.41, 5.74) is 11.8. The molecule has 4 heterocycles. The number of amides is 1. The van der Waals surface area contributed by atoms with Gasteiger partial charge in [0.2, 0.25) is 0 Å². The molecule has 2 bridgehead atoms. The summed E-state index contributed by atoms with van der Waals surface area (Å²) in [5.74, 6) is 1.19. The van der Waals surface area contributed by atoms with E-state index in [1.165, 1.54) is 6.07 Å². The van der Waals surface area contributed by atoms with E-state index in [2.05, 4.69) is 15.2 Å². The Labute approximate surface area is 207 Å². The second-order valence-corrected chi connectivity index (χ2v) is 10.2. The molecular formula is C26H26FN7O2. The highest BCUT2D eigenvalue weighted by atomic mass is 19.1. The van der Waals surface area contributed by atoms with Gasteiger partial charge in [0.25, 0.3) is 5.91 Å². The molecule has 4 aliphatic rings. The van der Waals surface area contributed by atoms with Crippen LogP contribution in [0.5, 0.6) is 11.8 Å². The number of hydrogen-bond donors (Lipinski definition) is 2. The van der Waals surface area contributed by atoms with E-state index >= 15 is 0 Å². The highest BCUT2D eigenvalue weighted by Crippen LogP contribution is 2.49. The van der Waals surface area contributed by atoms with Crippen molar-refractivity contribution in [1.29, 1.82) is 0 Å². The molecule has 2 aromatic heterocycles. The zero-order valence-electron chi connectivity index (χ0n) is 20.1. The van der Waals surface area contributed by atoms with Gasteiger partial charge in [-0.3, -0.25) is 9.78 Å². The fourth-order valence-electron chi connectivity index (χ4n) is 6.27. The number of carbonyl (C=O) groups excluding carboxylic acids is 1. The number of fused-ring (bicyclic) bond motifs is 6. The maximum atomic E-state index is 14.6. The molecule has 7 rings (SSSR count). The van der Waals surface area contributed by atoms with E-state index in [0.29, 0.717) is 30.2 Å². The molecule has 2 aliphatic heterocycles. The number of benzene rings is 1. The smallest absolute Gasteiger partial charge is 0.324 e. The Bertz CT molecular complexity index is 1440. The molecule has 1 aromatic carbocycles. The topological polar surface area (TPSA) is 110 Å².